The first-order valence-corrected chi connectivity index (χ1v) is 11.9. The molecule has 0 spiro atoms. The van der Waals surface area contributed by atoms with E-state index in [-0.39, 0.29) is 6.61 Å². The van der Waals surface area contributed by atoms with Crippen molar-refractivity contribution >= 4 is 11.5 Å². The lowest BCUT2D eigenvalue weighted by Gasteiger charge is -2.27. The van der Waals surface area contributed by atoms with Gasteiger partial charge in [0.1, 0.15) is 25.9 Å². The average Bonchev–Trinajstić information content (AvgIpc) is 2.89. The molecule has 36 heavy (non-hydrogen) atoms. The number of hydrogen-bond donors (Lipinski definition) is 3. The Hall–Kier alpha value is -3.69. The molecule has 1 atom stereocenters. The van der Waals surface area contributed by atoms with E-state index in [0.29, 0.717) is 43.0 Å². The summed E-state index contributed by atoms with van der Waals surface area (Å²) in [6.07, 6.45) is -0.723. The molecule has 0 fully saturated rings. The highest BCUT2D eigenvalue weighted by Crippen LogP contribution is 2.27. The van der Waals surface area contributed by atoms with Crippen LogP contribution in [0.5, 0.6) is 17.4 Å². The normalized spacial score (nSPS) is 11.9. The minimum Gasteiger partial charge on any atom is -0.487 e. The summed E-state index contributed by atoms with van der Waals surface area (Å²) in [5.41, 5.74) is 4.36. The van der Waals surface area contributed by atoms with Crippen LogP contribution in [0.15, 0.2) is 71.8 Å². The van der Waals surface area contributed by atoms with E-state index < -0.39 is 11.6 Å². The van der Waals surface area contributed by atoms with Crippen LogP contribution in [0, 0.1) is 0 Å². The summed E-state index contributed by atoms with van der Waals surface area (Å²) >= 11 is 0. The number of rotatable bonds is 14. The maximum atomic E-state index is 10.5. The number of anilines is 1. The number of hydrazone groups is 1. The van der Waals surface area contributed by atoms with Crippen molar-refractivity contribution < 1.29 is 19.3 Å². The minimum absolute atomic E-state index is 0.120. The molecular weight excluding hydrogens is 458 g/mol. The van der Waals surface area contributed by atoms with Crippen molar-refractivity contribution in [3.8, 4) is 17.4 Å². The fourth-order valence-electron chi connectivity index (χ4n) is 2.99. The molecule has 0 aliphatic carbocycles. The van der Waals surface area contributed by atoms with Gasteiger partial charge in [0.05, 0.1) is 0 Å². The van der Waals surface area contributed by atoms with E-state index in [1.54, 1.807) is 12.1 Å². The van der Waals surface area contributed by atoms with Gasteiger partial charge in [0.25, 0.3) is 0 Å². The molecular formula is C27H35N5O4. The number of nitrogens with zero attached hydrogens (tertiary/aromatic N) is 3. The van der Waals surface area contributed by atoms with Gasteiger partial charge in [0.15, 0.2) is 17.3 Å². The van der Waals surface area contributed by atoms with E-state index in [9.17, 15) is 5.11 Å². The second kappa shape index (κ2) is 13.4. The molecule has 192 valence electrons. The summed E-state index contributed by atoms with van der Waals surface area (Å²) in [4.78, 5) is 0. The summed E-state index contributed by atoms with van der Waals surface area (Å²) in [7, 11) is 0. The molecule has 3 N–H and O–H groups in total. The van der Waals surface area contributed by atoms with Crippen LogP contribution in [0.1, 0.15) is 33.3 Å². The van der Waals surface area contributed by atoms with Crippen LogP contribution >= 0.6 is 0 Å². The molecule has 0 aliphatic rings. The second-order valence-electron chi connectivity index (χ2n) is 9.17. The van der Waals surface area contributed by atoms with E-state index in [4.69, 9.17) is 14.2 Å². The van der Waals surface area contributed by atoms with Gasteiger partial charge < -0.3 is 24.6 Å². The topological polar surface area (TPSA) is 110 Å². The molecule has 0 amide bonds. The number of aliphatic hydroxyl groups is 1. The predicted molar refractivity (Wildman–Crippen MR) is 141 cm³/mol. The van der Waals surface area contributed by atoms with Gasteiger partial charge in [-0.05, 0) is 51.5 Å². The first-order chi connectivity index (χ1) is 17.3. The Bertz CT molecular complexity index is 1090. The van der Waals surface area contributed by atoms with Crippen LogP contribution in [0.25, 0.3) is 0 Å². The molecule has 1 unspecified atom stereocenters. The van der Waals surface area contributed by atoms with Crippen molar-refractivity contribution in [2.45, 2.75) is 45.9 Å². The van der Waals surface area contributed by atoms with Crippen molar-refractivity contribution in [2.75, 3.05) is 25.2 Å². The lowest BCUT2D eigenvalue weighted by atomic mass is 10.1. The standard InChI is InChI=1S/C27H35N5O4/c1-20(2)29-30-25-14-15-26(32-31-25)36-19-27(3,4)28-16-22(33)18-35-24-13-9-8-12-23(24)34-17-21-10-6-5-7-11-21/h5-15,22,28,33H,16-19H2,1-4H3,(H,30,31). The number of aromatic nitrogens is 2. The fourth-order valence-corrected chi connectivity index (χ4v) is 2.99. The van der Waals surface area contributed by atoms with E-state index in [2.05, 4.69) is 26.0 Å². The Morgan fingerprint density at radius 2 is 1.61 bits per heavy atom. The molecule has 3 aromatic rings. The van der Waals surface area contributed by atoms with E-state index >= 15 is 0 Å². The molecule has 9 nitrogen and oxygen atoms in total. The van der Waals surface area contributed by atoms with Gasteiger partial charge in [-0.2, -0.15) is 5.10 Å². The first-order valence-electron chi connectivity index (χ1n) is 11.9. The quantitative estimate of drug-likeness (QED) is 0.228. The monoisotopic (exact) mass is 493 g/mol. The van der Waals surface area contributed by atoms with Crippen LogP contribution in [-0.4, -0.2) is 52.4 Å². The highest BCUT2D eigenvalue weighted by molar-refractivity contribution is 5.79. The third kappa shape index (κ3) is 9.52. The molecule has 0 saturated carbocycles. The Morgan fingerprint density at radius 3 is 2.28 bits per heavy atom. The van der Waals surface area contributed by atoms with Crippen LogP contribution in [0.3, 0.4) is 0 Å². The molecule has 3 rings (SSSR count). The minimum atomic E-state index is -0.723. The SMILES string of the molecule is CC(C)=NNc1ccc(OCC(C)(C)NCC(O)COc2ccccc2OCc2ccccc2)nn1. The number of β-amino-alcohol motifs (C(OH)–C–C–N with tert-alkyl or cyclic N) is 1. The van der Waals surface area contributed by atoms with Crippen molar-refractivity contribution in [3.05, 3.63) is 72.3 Å². The number of hydrogen-bond acceptors (Lipinski definition) is 9. The Morgan fingerprint density at radius 1 is 0.917 bits per heavy atom. The highest BCUT2D eigenvalue weighted by Gasteiger charge is 2.20. The number of ether oxygens (including phenoxy) is 3. The maximum Gasteiger partial charge on any atom is 0.233 e. The van der Waals surface area contributed by atoms with Crippen molar-refractivity contribution in [3.63, 3.8) is 0 Å². The van der Waals surface area contributed by atoms with Crippen molar-refractivity contribution in [2.24, 2.45) is 5.10 Å². The summed E-state index contributed by atoms with van der Waals surface area (Å²) in [6, 6.07) is 20.9. The van der Waals surface area contributed by atoms with Gasteiger partial charge in [0.2, 0.25) is 5.88 Å². The van der Waals surface area contributed by atoms with E-state index in [1.807, 2.05) is 82.3 Å². The fraction of sp³-hybridized carbons (Fsp3) is 0.370. The molecule has 2 aromatic carbocycles. The second-order valence-corrected chi connectivity index (χ2v) is 9.17. The summed E-state index contributed by atoms with van der Waals surface area (Å²) in [5, 5.41) is 25.9. The van der Waals surface area contributed by atoms with Gasteiger partial charge in [-0.15, -0.1) is 10.2 Å². The Balaban J connectivity index is 1.41. The molecule has 0 bridgehead atoms. The molecule has 0 saturated heterocycles. The number of nitrogens with one attached hydrogen (secondary N) is 2. The summed E-state index contributed by atoms with van der Waals surface area (Å²) in [5.74, 6) is 2.17. The lowest BCUT2D eigenvalue weighted by molar-refractivity contribution is 0.0903. The zero-order valence-electron chi connectivity index (χ0n) is 21.3. The molecule has 1 heterocycles. The summed E-state index contributed by atoms with van der Waals surface area (Å²) < 4.78 is 17.5. The molecule has 9 heteroatoms. The first kappa shape index (κ1) is 26.9. The molecule has 0 aliphatic heterocycles. The van der Waals surface area contributed by atoms with Gasteiger partial charge in [-0.3, -0.25) is 5.43 Å². The number of benzene rings is 2. The number of aliphatic hydroxyl groups excluding tert-OH is 1. The zero-order chi connectivity index (χ0) is 25.8. The van der Waals surface area contributed by atoms with Gasteiger partial charge in [-0.1, -0.05) is 42.5 Å². The van der Waals surface area contributed by atoms with Crippen LogP contribution in [0.4, 0.5) is 5.82 Å². The molecule has 1 aromatic heterocycles. The third-order valence-electron chi connectivity index (χ3n) is 4.95. The number of para-hydroxylation sites is 2. The zero-order valence-corrected chi connectivity index (χ0v) is 21.3. The van der Waals surface area contributed by atoms with Crippen LogP contribution in [-0.2, 0) is 6.61 Å². The predicted octanol–water partition coefficient (Wildman–Crippen LogP) is 4.05. The van der Waals surface area contributed by atoms with Gasteiger partial charge in [-0.25, -0.2) is 0 Å². The summed E-state index contributed by atoms with van der Waals surface area (Å²) in [6.45, 7) is 8.96. The van der Waals surface area contributed by atoms with Crippen molar-refractivity contribution in [1.82, 2.24) is 15.5 Å². The third-order valence-corrected chi connectivity index (χ3v) is 4.95. The van der Waals surface area contributed by atoms with E-state index in [1.165, 1.54) is 0 Å². The van der Waals surface area contributed by atoms with Crippen LogP contribution in [0.2, 0.25) is 0 Å². The average molecular weight is 494 g/mol. The van der Waals surface area contributed by atoms with Gasteiger partial charge >= 0.3 is 0 Å². The maximum absolute atomic E-state index is 10.5. The molecule has 0 radical (unpaired) electrons. The smallest absolute Gasteiger partial charge is 0.233 e. The Labute approximate surface area is 212 Å². The lowest BCUT2D eigenvalue weighted by Crippen LogP contribution is -2.48. The van der Waals surface area contributed by atoms with Crippen LogP contribution < -0.4 is 25.0 Å². The Kier molecular flexibility index (Phi) is 10.0. The van der Waals surface area contributed by atoms with Gasteiger partial charge in [0, 0.05) is 23.9 Å². The largest absolute Gasteiger partial charge is 0.487 e. The van der Waals surface area contributed by atoms with Crippen molar-refractivity contribution in [1.29, 1.82) is 0 Å². The van der Waals surface area contributed by atoms with E-state index in [0.717, 1.165) is 11.3 Å². The highest BCUT2D eigenvalue weighted by atomic mass is 16.5.